The molecule has 2 heterocycles. The average Bonchev–Trinajstić information content (AvgIpc) is 3.01. The molecule has 0 atom stereocenters. The van der Waals surface area contributed by atoms with Crippen molar-refractivity contribution in [2.24, 2.45) is 5.73 Å². The van der Waals surface area contributed by atoms with Crippen LogP contribution in [0.3, 0.4) is 0 Å². The molecule has 24 heavy (non-hydrogen) atoms. The molecule has 0 bridgehead atoms. The monoisotopic (exact) mass is 335 g/mol. The van der Waals surface area contributed by atoms with E-state index in [-0.39, 0.29) is 17.9 Å². The molecule has 2 N–H and O–H groups in total. The smallest absolute Gasteiger partial charge is 0.249 e. The molecular formula is C17H20FN2O4. The van der Waals surface area contributed by atoms with Gasteiger partial charge in [-0.2, -0.15) is 0 Å². The van der Waals surface area contributed by atoms with E-state index in [1.165, 1.54) is 18.6 Å². The van der Waals surface area contributed by atoms with Crippen LogP contribution in [0.15, 0.2) is 18.2 Å². The van der Waals surface area contributed by atoms with Crippen molar-refractivity contribution in [3.63, 3.8) is 0 Å². The number of likely N-dealkylation sites (tertiary alicyclic amines) is 1. The fourth-order valence-corrected chi connectivity index (χ4v) is 3.19. The van der Waals surface area contributed by atoms with E-state index in [0.717, 1.165) is 18.9 Å². The zero-order valence-electron chi connectivity index (χ0n) is 13.3. The lowest BCUT2D eigenvalue weighted by Crippen LogP contribution is -2.51. The van der Waals surface area contributed by atoms with E-state index in [0.29, 0.717) is 31.9 Å². The first-order chi connectivity index (χ1) is 11.5. The normalized spacial score (nSPS) is 19.6. The molecule has 1 aromatic carbocycles. The van der Waals surface area contributed by atoms with Gasteiger partial charge in [0.25, 0.3) is 0 Å². The van der Waals surface area contributed by atoms with Crippen LogP contribution in [0.25, 0.3) is 0 Å². The Kier molecular flexibility index (Phi) is 4.82. The highest BCUT2D eigenvalue weighted by Crippen LogP contribution is 2.30. The number of carbonyl (C=O) groups is 2. The van der Waals surface area contributed by atoms with Gasteiger partial charge in [0.2, 0.25) is 11.8 Å². The fraction of sp³-hybridized carbons (Fsp3) is 0.471. The Balaban J connectivity index is 1.62. The second-order valence-electron chi connectivity index (χ2n) is 6.04. The molecule has 2 amide bonds. The second-order valence-corrected chi connectivity index (χ2v) is 6.04. The number of ether oxygens (including phenoxy) is 2. The molecule has 2 aliphatic heterocycles. The number of carbonyl (C=O) groups excluding carboxylic acids is 2. The molecule has 0 unspecified atom stereocenters. The third-order valence-electron chi connectivity index (χ3n) is 4.38. The van der Waals surface area contributed by atoms with E-state index in [1.54, 1.807) is 4.90 Å². The SMILES string of the molecule is NC(=O)c1cc(F)ccc1C[CH]C(=O)N1CCCC2(C1)OCCO2. The molecule has 2 fully saturated rings. The van der Waals surface area contributed by atoms with Crippen LogP contribution in [0.5, 0.6) is 0 Å². The zero-order chi connectivity index (χ0) is 17.2. The number of rotatable bonds is 4. The van der Waals surface area contributed by atoms with Crippen molar-refractivity contribution in [2.75, 3.05) is 26.3 Å². The molecule has 2 aliphatic rings. The lowest BCUT2D eigenvalue weighted by Gasteiger charge is -2.38. The highest BCUT2D eigenvalue weighted by Gasteiger charge is 2.41. The minimum absolute atomic E-state index is 0.0941. The van der Waals surface area contributed by atoms with E-state index in [2.05, 4.69) is 0 Å². The molecular weight excluding hydrogens is 315 g/mol. The van der Waals surface area contributed by atoms with Crippen LogP contribution in [-0.2, 0) is 20.7 Å². The molecule has 1 spiro atoms. The van der Waals surface area contributed by atoms with Crippen molar-refractivity contribution in [2.45, 2.75) is 25.0 Å². The predicted octanol–water partition coefficient (Wildman–Crippen LogP) is 1.04. The summed E-state index contributed by atoms with van der Waals surface area (Å²) < 4.78 is 24.6. The highest BCUT2D eigenvalue weighted by atomic mass is 19.1. The number of hydrogen-bond acceptors (Lipinski definition) is 4. The minimum Gasteiger partial charge on any atom is -0.366 e. The fourth-order valence-electron chi connectivity index (χ4n) is 3.19. The van der Waals surface area contributed by atoms with Gasteiger partial charge in [-0.05, 0) is 30.5 Å². The number of benzene rings is 1. The van der Waals surface area contributed by atoms with Gasteiger partial charge >= 0.3 is 0 Å². The van der Waals surface area contributed by atoms with Crippen LogP contribution in [0.2, 0.25) is 0 Å². The van der Waals surface area contributed by atoms with Gasteiger partial charge in [0.05, 0.1) is 26.2 Å². The Morgan fingerprint density at radius 1 is 1.33 bits per heavy atom. The van der Waals surface area contributed by atoms with E-state index < -0.39 is 17.5 Å². The quantitative estimate of drug-likeness (QED) is 0.891. The van der Waals surface area contributed by atoms with Gasteiger partial charge in [0.1, 0.15) is 5.82 Å². The summed E-state index contributed by atoms with van der Waals surface area (Å²) in [5, 5.41) is 0. The number of amides is 2. The van der Waals surface area contributed by atoms with E-state index in [4.69, 9.17) is 15.2 Å². The Bertz CT molecular complexity index is 643. The molecule has 6 nitrogen and oxygen atoms in total. The van der Waals surface area contributed by atoms with Crippen molar-refractivity contribution < 1.29 is 23.5 Å². The molecule has 2 saturated heterocycles. The maximum atomic E-state index is 13.2. The van der Waals surface area contributed by atoms with Crippen LogP contribution < -0.4 is 5.73 Å². The molecule has 0 aromatic heterocycles. The minimum atomic E-state index is -0.713. The number of hydrogen-bond donors (Lipinski definition) is 1. The number of primary amides is 1. The number of halogens is 1. The van der Waals surface area contributed by atoms with Gasteiger partial charge in [-0.25, -0.2) is 4.39 Å². The summed E-state index contributed by atoms with van der Waals surface area (Å²) in [6.07, 6.45) is 3.28. The van der Waals surface area contributed by atoms with Crippen molar-refractivity contribution in [1.29, 1.82) is 0 Å². The topological polar surface area (TPSA) is 81.9 Å². The number of nitrogens with two attached hydrogens (primary N) is 1. The maximum Gasteiger partial charge on any atom is 0.249 e. The number of nitrogens with zero attached hydrogens (tertiary/aromatic N) is 1. The summed E-state index contributed by atoms with van der Waals surface area (Å²) >= 11 is 0. The summed E-state index contributed by atoms with van der Waals surface area (Å²) in [6, 6.07) is 3.81. The van der Waals surface area contributed by atoms with Crippen LogP contribution in [0.1, 0.15) is 28.8 Å². The summed E-state index contributed by atoms with van der Waals surface area (Å²) in [5.41, 5.74) is 5.88. The van der Waals surface area contributed by atoms with Gasteiger partial charge in [-0.15, -0.1) is 0 Å². The van der Waals surface area contributed by atoms with E-state index >= 15 is 0 Å². The molecule has 1 radical (unpaired) electrons. The van der Waals surface area contributed by atoms with Gasteiger partial charge < -0.3 is 20.1 Å². The van der Waals surface area contributed by atoms with Gasteiger partial charge in [-0.1, -0.05) is 6.07 Å². The zero-order valence-corrected chi connectivity index (χ0v) is 13.3. The average molecular weight is 335 g/mol. The van der Waals surface area contributed by atoms with E-state index in [1.807, 2.05) is 0 Å². The largest absolute Gasteiger partial charge is 0.366 e. The second kappa shape index (κ2) is 6.86. The van der Waals surface area contributed by atoms with Crippen molar-refractivity contribution in [3.05, 3.63) is 41.6 Å². The molecule has 7 heteroatoms. The Morgan fingerprint density at radius 2 is 2.08 bits per heavy atom. The Labute approximate surface area is 139 Å². The van der Waals surface area contributed by atoms with Crippen LogP contribution >= 0.6 is 0 Å². The predicted molar refractivity (Wildman–Crippen MR) is 83.4 cm³/mol. The lowest BCUT2D eigenvalue weighted by atomic mass is 10.0. The molecule has 0 aliphatic carbocycles. The summed E-state index contributed by atoms with van der Waals surface area (Å²) in [6.45, 7) is 2.12. The molecule has 0 saturated carbocycles. The third kappa shape index (κ3) is 3.57. The summed E-state index contributed by atoms with van der Waals surface area (Å²) in [5.74, 6) is -2.08. The molecule has 3 rings (SSSR count). The molecule has 129 valence electrons. The van der Waals surface area contributed by atoms with Crippen LogP contribution in [0, 0.1) is 12.2 Å². The first kappa shape index (κ1) is 16.9. The number of piperidine rings is 1. The standard InChI is InChI=1S/C17H20FN2O4/c18-13-4-2-12(14(10-13)16(19)22)3-5-15(21)20-7-1-6-17(11-20)23-8-9-24-17/h2,4-5,10H,1,3,6-9,11H2,(H2,19,22). The lowest BCUT2D eigenvalue weighted by molar-refractivity contribution is -0.192. The first-order valence-corrected chi connectivity index (χ1v) is 7.97. The van der Waals surface area contributed by atoms with Gasteiger partial charge in [0, 0.05) is 18.5 Å². The van der Waals surface area contributed by atoms with Gasteiger partial charge in [-0.3, -0.25) is 9.59 Å². The van der Waals surface area contributed by atoms with Crippen molar-refractivity contribution in [3.8, 4) is 0 Å². The van der Waals surface area contributed by atoms with Crippen LogP contribution in [-0.4, -0.2) is 48.8 Å². The van der Waals surface area contributed by atoms with E-state index in [9.17, 15) is 14.0 Å². The third-order valence-corrected chi connectivity index (χ3v) is 4.38. The summed E-state index contributed by atoms with van der Waals surface area (Å²) in [4.78, 5) is 25.5. The first-order valence-electron chi connectivity index (χ1n) is 7.97. The highest BCUT2D eigenvalue weighted by molar-refractivity contribution is 5.95. The maximum absolute atomic E-state index is 13.2. The summed E-state index contributed by atoms with van der Waals surface area (Å²) in [7, 11) is 0. The van der Waals surface area contributed by atoms with Crippen LogP contribution in [0.4, 0.5) is 4.39 Å². The Hall–Kier alpha value is -1.99. The van der Waals surface area contributed by atoms with Crippen molar-refractivity contribution >= 4 is 11.8 Å². The van der Waals surface area contributed by atoms with Gasteiger partial charge in [0.15, 0.2) is 5.79 Å². The molecule has 1 aromatic rings. The Morgan fingerprint density at radius 3 is 2.79 bits per heavy atom. The van der Waals surface area contributed by atoms with Crippen molar-refractivity contribution in [1.82, 2.24) is 4.90 Å².